The van der Waals surface area contributed by atoms with Crippen LogP contribution in [0, 0.1) is 0 Å². The molecule has 0 aliphatic heterocycles. The van der Waals surface area contributed by atoms with Gasteiger partial charge in [0.2, 0.25) is 20.5 Å². The van der Waals surface area contributed by atoms with Crippen molar-refractivity contribution in [1.82, 2.24) is 0 Å². The van der Waals surface area contributed by atoms with Crippen molar-refractivity contribution in [3.05, 3.63) is 119 Å². The minimum atomic E-state index is -0.325. The minimum absolute atomic E-state index is 0.186. The summed E-state index contributed by atoms with van der Waals surface area (Å²) in [6.45, 7) is 21.2. The molecule has 0 heterocycles. The average Bonchev–Trinajstić information content (AvgIpc) is 3.09. The van der Waals surface area contributed by atoms with Gasteiger partial charge in [-0.15, -0.1) is 0 Å². The Hall–Kier alpha value is -3.55. The Morgan fingerprint density at radius 2 is 0.755 bits per heavy atom. The molecule has 0 atom stereocenters. The molecule has 53 heavy (non-hydrogen) atoms. The SMILES string of the molecule is C=C(C)C(=O)Sc1cccc(-c2c(SC(=O)C(=C)C)ccc(Sc3ccc(SC(=O)C(=C)C)c(-c4cccc(SC(=O)C(=C)C)c4O)c3Cl)c2Cl)c1O. The summed E-state index contributed by atoms with van der Waals surface area (Å²) in [4.78, 5) is 53.2. The van der Waals surface area contributed by atoms with E-state index in [2.05, 4.69) is 26.3 Å². The molecule has 4 aromatic carbocycles. The zero-order valence-electron chi connectivity index (χ0n) is 28.9. The highest BCUT2D eigenvalue weighted by molar-refractivity contribution is 8.15. The van der Waals surface area contributed by atoms with Crippen molar-refractivity contribution in [2.45, 2.75) is 57.1 Å². The number of rotatable bonds is 12. The van der Waals surface area contributed by atoms with Crippen LogP contribution in [0.2, 0.25) is 10.0 Å². The van der Waals surface area contributed by atoms with Crippen molar-refractivity contribution in [2.24, 2.45) is 0 Å². The molecule has 0 aliphatic carbocycles. The van der Waals surface area contributed by atoms with Crippen molar-refractivity contribution in [3.63, 3.8) is 0 Å². The first-order chi connectivity index (χ1) is 24.9. The molecule has 0 aliphatic rings. The van der Waals surface area contributed by atoms with Gasteiger partial charge in [0.15, 0.2) is 0 Å². The van der Waals surface area contributed by atoms with Crippen LogP contribution in [0.15, 0.2) is 139 Å². The maximum absolute atomic E-state index is 12.9. The summed E-state index contributed by atoms with van der Waals surface area (Å²) in [5.74, 6) is -0.411. The van der Waals surface area contributed by atoms with Crippen LogP contribution in [0.5, 0.6) is 11.5 Å². The third-order valence-electron chi connectivity index (χ3n) is 7.10. The number of thioether (sulfide) groups is 4. The highest BCUT2D eigenvalue weighted by atomic mass is 35.5. The molecule has 0 radical (unpaired) electrons. The molecule has 0 fully saturated rings. The molecular weight excluding hydrogens is 808 g/mol. The fourth-order valence-electron chi connectivity index (χ4n) is 4.39. The van der Waals surface area contributed by atoms with Gasteiger partial charge in [-0.05, 0) is 133 Å². The van der Waals surface area contributed by atoms with Crippen molar-refractivity contribution in [3.8, 4) is 33.8 Å². The fourth-order valence-corrected chi connectivity index (χ4v) is 9.26. The number of aromatic hydroxyl groups is 2. The van der Waals surface area contributed by atoms with Gasteiger partial charge in [0.25, 0.3) is 0 Å². The molecule has 0 spiro atoms. The molecule has 0 unspecified atom stereocenters. The molecule has 13 heteroatoms. The Kier molecular flexibility index (Phi) is 14.5. The predicted molar refractivity (Wildman–Crippen MR) is 224 cm³/mol. The molecule has 0 amide bonds. The van der Waals surface area contributed by atoms with Gasteiger partial charge in [-0.25, -0.2) is 0 Å². The number of phenols is 2. The van der Waals surface area contributed by atoms with Crippen molar-refractivity contribution in [1.29, 1.82) is 0 Å². The number of para-hydroxylation sites is 2. The summed E-state index contributed by atoms with van der Waals surface area (Å²) in [5.41, 5.74) is 2.51. The second-order valence-corrected chi connectivity index (χ2v) is 17.5. The van der Waals surface area contributed by atoms with Gasteiger partial charge in [-0.3, -0.25) is 19.2 Å². The van der Waals surface area contributed by atoms with Crippen LogP contribution >= 0.6 is 82.0 Å². The Labute approximate surface area is 339 Å². The Balaban J connectivity index is 1.92. The van der Waals surface area contributed by atoms with Gasteiger partial charge in [-0.1, -0.05) is 85.5 Å². The fraction of sp³-hybridized carbons (Fsp3) is 0.100. The van der Waals surface area contributed by atoms with Crippen LogP contribution < -0.4 is 0 Å². The lowest BCUT2D eigenvalue weighted by atomic mass is 10.0. The lowest BCUT2D eigenvalue weighted by Gasteiger charge is -2.19. The van der Waals surface area contributed by atoms with E-state index < -0.39 is 0 Å². The number of phenolic OH excluding ortho intramolecular Hbond substituents is 2. The molecule has 0 saturated heterocycles. The zero-order chi connectivity index (χ0) is 39.3. The number of hydrogen-bond acceptors (Lipinski definition) is 11. The number of carbonyl (C=O) groups is 4. The molecular formula is C40H32Cl2O6S5. The van der Waals surface area contributed by atoms with Gasteiger partial charge in [0, 0.05) is 41.8 Å². The van der Waals surface area contributed by atoms with E-state index in [1.54, 1.807) is 88.4 Å². The first-order valence-corrected chi connectivity index (χ1v) is 20.2. The normalized spacial score (nSPS) is 10.8. The Bertz CT molecular complexity index is 2110. The molecule has 4 aromatic rings. The van der Waals surface area contributed by atoms with Crippen LogP contribution in [0.25, 0.3) is 22.3 Å². The van der Waals surface area contributed by atoms with Gasteiger partial charge >= 0.3 is 0 Å². The third-order valence-corrected chi connectivity index (χ3v) is 13.6. The quantitative estimate of drug-likeness (QED) is 0.105. The largest absolute Gasteiger partial charge is 0.506 e. The maximum atomic E-state index is 12.9. The van der Waals surface area contributed by atoms with Crippen LogP contribution in [0.4, 0.5) is 0 Å². The molecule has 0 aromatic heterocycles. The van der Waals surface area contributed by atoms with Crippen molar-refractivity contribution in [2.75, 3.05) is 0 Å². The maximum Gasteiger partial charge on any atom is 0.219 e. The number of carbonyl (C=O) groups excluding carboxylic acids is 4. The van der Waals surface area contributed by atoms with Gasteiger partial charge in [0.1, 0.15) is 11.5 Å². The van der Waals surface area contributed by atoms with E-state index in [4.69, 9.17) is 23.2 Å². The van der Waals surface area contributed by atoms with Crippen LogP contribution in [-0.4, -0.2) is 30.7 Å². The van der Waals surface area contributed by atoms with E-state index in [-0.39, 0.29) is 62.9 Å². The highest BCUT2D eigenvalue weighted by Gasteiger charge is 2.25. The molecule has 272 valence electrons. The Morgan fingerprint density at radius 3 is 1.06 bits per heavy atom. The van der Waals surface area contributed by atoms with E-state index >= 15 is 0 Å². The molecule has 0 bridgehead atoms. The van der Waals surface area contributed by atoms with Gasteiger partial charge in [-0.2, -0.15) is 0 Å². The standard InChI is InChI=1S/C40H32Cl2O6S5/c1-19(2)37(45)50-25-15-17-27(33(41)31(25)23-11-9-13-29(35(23)43)52-39(47)21(5)6)49-28-18-16-26(51-38(46)20(3)4)32(34(28)42)24-12-10-14-30(36(24)44)53-40(48)22(7)8/h9-18,43-44H,1,3,5,7H2,2,4,6,8H3. The van der Waals surface area contributed by atoms with Gasteiger partial charge < -0.3 is 10.2 Å². The molecule has 0 saturated carbocycles. The second-order valence-electron chi connectivity index (χ2n) is 11.6. The van der Waals surface area contributed by atoms with E-state index in [1.807, 2.05) is 0 Å². The van der Waals surface area contributed by atoms with Crippen molar-refractivity contribution < 1.29 is 29.4 Å². The van der Waals surface area contributed by atoms with E-state index in [1.165, 1.54) is 11.8 Å². The Morgan fingerprint density at radius 1 is 0.472 bits per heavy atom. The lowest BCUT2D eigenvalue weighted by molar-refractivity contribution is -0.108. The summed E-state index contributed by atoms with van der Waals surface area (Å²) in [6.07, 6.45) is 0. The lowest BCUT2D eigenvalue weighted by Crippen LogP contribution is -1.97. The third kappa shape index (κ3) is 9.96. The summed E-state index contributed by atoms with van der Waals surface area (Å²) < 4.78 is 0. The molecule has 4 rings (SSSR count). The smallest absolute Gasteiger partial charge is 0.219 e. The van der Waals surface area contributed by atoms with Crippen LogP contribution in [0.3, 0.4) is 0 Å². The van der Waals surface area contributed by atoms with Gasteiger partial charge in [0.05, 0.1) is 19.8 Å². The predicted octanol–water partition coefficient (Wildman–Crippen LogP) is 12.7. The summed E-state index contributed by atoms with van der Waals surface area (Å²) in [6, 6.07) is 16.6. The number of halogens is 2. The molecule has 2 N–H and O–H groups in total. The van der Waals surface area contributed by atoms with Crippen molar-refractivity contribution >= 4 is 102 Å². The minimum Gasteiger partial charge on any atom is -0.506 e. The van der Waals surface area contributed by atoms with E-state index in [0.29, 0.717) is 53.0 Å². The van der Waals surface area contributed by atoms with E-state index in [9.17, 15) is 29.4 Å². The average molecular weight is 840 g/mol. The summed E-state index contributed by atoms with van der Waals surface area (Å²) in [7, 11) is 0. The topological polar surface area (TPSA) is 109 Å². The number of hydrogen-bond donors (Lipinski definition) is 2. The molecule has 6 nitrogen and oxygen atoms in total. The summed E-state index contributed by atoms with van der Waals surface area (Å²) in [5, 5.41) is 22.0. The second kappa shape index (κ2) is 18.2. The highest BCUT2D eigenvalue weighted by Crippen LogP contribution is 2.52. The monoisotopic (exact) mass is 838 g/mol. The first kappa shape index (κ1) is 42.2. The zero-order valence-corrected chi connectivity index (χ0v) is 34.5. The van der Waals surface area contributed by atoms with E-state index in [0.717, 1.165) is 47.0 Å². The van der Waals surface area contributed by atoms with Crippen LogP contribution in [-0.2, 0) is 19.2 Å². The first-order valence-electron chi connectivity index (χ1n) is 15.4. The number of benzene rings is 4. The van der Waals surface area contributed by atoms with Crippen LogP contribution in [0.1, 0.15) is 27.7 Å². The summed E-state index contributed by atoms with van der Waals surface area (Å²) >= 11 is 18.9.